The fraction of sp³-hybridized carbons (Fsp3) is 0.167. The Morgan fingerprint density at radius 1 is 1.47 bits per heavy atom. The highest BCUT2D eigenvalue weighted by Crippen LogP contribution is 2.14. The third kappa shape index (κ3) is 2.68. The molecule has 0 saturated heterocycles. The van der Waals surface area contributed by atoms with Crippen molar-refractivity contribution in [3.63, 3.8) is 0 Å². The number of aryl methyl sites for hydroxylation is 2. The van der Waals surface area contributed by atoms with Gasteiger partial charge in [0.2, 0.25) is 0 Å². The van der Waals surface area contributed by atoms with Crippen molar-refractivity contribution < 1.29 is 9.90 Å². The molecule has 1 aromatic carbocycles. The fourth-order valence-corrected chi connectivity index (χ4v) is 1.28. The van der Waals surface area contributed by atoms with Crippen molar-refractivity contribution in [2.75, 3.05) is 0 Å². The topological polar surface area (TPSA) is 61.1 Å². The van der Waals surface area contributed by atoms with Crippen LogP contribution < -0.4 is 0 Å². The van der Waals surface area contributed by atoms with E-state index in [0.29, 0.717) is 0 Å². The Morgan fingerprint density at radius 2 is 2.13 bits per heavy atom. The molecule has 0 aliphatic heterocycles. The molecule has 76 valence electrons. The Morgan fingerprint density at radius 3 is 2.60 bits per heavy atom. The fourth-order valence-electron chi connectivity index (χ4n) is 1.28. The molecule has 0 heterocycles. The first-order valence-electron chi connectivity index (χ1n) is 4.47. The highest BCUT2D eigenvalue weighted by Gasteiger charge is 2.06. The Kier molecular flexibility index (Phi) is 3.25. The first-order valence-corrected chi connectivity index (χ1v) is 4.47. The van der Waals surface area contributed by atoms with Gasteiger partial charge in [0, 0.05) is 0 Å². The van der Waals surface area contributed by atoms with Gasteiger partial charge in [0.05, 0.1) is 0 Å². The first-order chi connectivity index (χ1) is 7.04. The number of carboxylic acids is 1. The number of nitriles is 1. The zero-order chi connectivity index (χ0) is 11.4. The second kappa shape index (κ2) is 4.43. The quantitative estimate of drug-likeness (QED) is 0.590. The summed E-state index contributed by atoms with van der Waals surface area (Å²) in [7, 11) is 0. The van der Waals surface area contributed by atoms with Gasteiger partial charge in [0.15, 0.2) is 0 Å². The number of benzene rings is 1. The average Bonchev–Trinajstić information content (AvgIpc) is 2.16. The number of rotatable bonds is 2. The molecule has 1 aromatic rings. The SMILES string of the molecule is Cc1ccc(/C=C(\C#N)C(=O)O)c(C)c1. The summed E-state index contributed by atoms with van der Waals surface area (Å²) in [4.78, 5) is 10.6. The van der Waals surface area contributed by atoms with E-state index in [2.05, 4.69) is 0 Å². The van der Waals surface area contributed by atoms with E-state index < -0.39 is 5.97 Å². The minimum absolute atomic E-state index is 0.248. The molecule has 15 heavy (non-hydrogen) atoms. The largest absolute Gasteiger partial charge is 0.477 e. The van der Waals surface area contributed by atoms with E-state index in [-0.39, 0.29) is 5.57 Å². The normalized spacial score (nSPS) is 10.9. The van der Waals surface area contributed by atoms with E-state index in [1.54, 1.807) is 6.07 Å². The molecule has 0 aliphatic rings. The van der Waals surface area contributed by atoms with Crippen LogP contribution in [0.5, 0.6) is 0 Å². The Bertz CT molecular complexity index is 467. The lowest BCUT2D eigenvalue weighted by molar-refractivity contribution is -0.132. The van der Waals surface area contributed by atoms with Crippen LogP contribution in [0.15, 0.2) is 23.8 Å². The summed E-state index contributed by atoms with van der Waals surface area (Å²) in [5.74, 6) is -1.20. The molecule has 1 N–H and O–H groups in total. The summed E-state index contributed by atoms with van der Waals surface area (Å²) in [5, 5.41) is 17.3. The highest BCUT2D eigenvalue weighted by molar-refractivity contribution is 5.96. The zero-order valence-corrected chi connectivity index (χ0v) is 8.61. The van der Waals surface area contributed by atoms with Crippen molar-refractivity contribution in [1.82, 2.24) is 0 Å². The van der Waals surface area contributed by atoms with E-state index in [0.717, 1.165) is 16.7 Å². The number of aliphatic carboxylic acids is 1. The maximum Gasteiger partial charge on any atom is 0.346 e. The Hall–Kier alpha value is -2.08. The standard InChI is InChI=1S/C12H11NO2/c1-8-3-4-10(9(2)5-8)6-11(7-13)12(14)15/h3-6H,1-2H3,(H,14,15)/b11-6+. The molecule has 0 radical (unpaired) electrons. The lowest BCUT2D eigenvalue weighted by Gasteiger charge is -2.01. The molecule has 0 aliphatic carbocycles. The minimum Gasteiger partial charge on any atom is -0.477 e. The van der Waals surface area contributed by atoms with Gasteiger partial charge in [-0.2, -0.15) is 5.26 Å². The number of nitrogens with zero attached hydrogens (tertiary/aromatic N) is 1. The van der Waals surface area contributed by atoms with E-state index in [4.69, 9.17) is 10.4 Å². The minimum atomic E-state index is -1.20. The summed E-state index contributed by atoms with van der Waals surface area (Å²) >= 11 is 0. The second-order valence-electron chi connectivity index (χ2n) is 3.34. The van der Waals surface area contributed by atoms with Gasteiger partial charge in [0.25, 0.3) is 0 Å². The Balaban J connectivity index is 3.19. The van der Waals surface area contributed by atoms with Gasteiger partial charge in [-0.3, -0.25) is 0 Å². The van der Waals surface area contributed by atoms with E-state index >= 15 is 0 Å². The molecule has 0 bridgehead atoms. The molecule has 0 atom stereocenters. The molecule has 0 saturated carbocycles. The van der Waals surface area contributed by atoms with Crippen molar-refractivity contribution in [2.45, 2.75) is 13.8 Å². The molecule has 1 rings (SSSR count). The number of hydrogen-bond donors (Lipinski definition) is 1. The molecule has 0 fully saturated rings. The van der Waals surface area contributed by atoms with Crippen LogP contribution in [-0.4, -0.2) is 11.1 Å². The smallest absolute Gasteiger partial charge is 0.346 e. The zero-order valence-electron chi connectivity index (χ0n) is 8.61. The van der Waals surface area contributed by atoms with Crippen molar-refractivity contribution >= 4 is 12.0 Å². The second-order valence-corrected chi connectivity index (χ2v) is 3.34. The number of carboxylic acid groups (broad SMARTS) is 1. The molecular formula is C12H11NO2. The summed E-state index contributed by atoms with van der Waals surface area (Å²) in [6, 6.07) is 7.30. The first kappa shape index (κ1) is 11.0. The van der Waals surface area contributed by atoms with Gasteiger partial charge >= 0.3 is 5.97 Å². The average molecular weight is 201 g/mol. The van der Waals surface area contributed by atoms with Crippen LogP contribution in [0.4, 0.5) is 0 Å². The van der Waals surface area contributed by atoms with Crippen LogP contribution in [0.3, 0.4) is 0 Å². The van der Waals surface area contributed by atoms with Crippen LogP contribution in [0, 0.1) is 25.2 Å². The molecule has 0 aromatic heterocycles. The van der Waals surface area contributed by atoms with Crippen molar-refractivity contribution in [2.24, 2.45) is 0 Å². The number of hydrogen-bond acceptors (Lipinski definition) is 2. The lowest BCUT2D eigenvalue weighted by atomic mass is 10.0. The van der Waals surface area contributed by atoms with Gasteiger partial charge in [-0.1, -0.05) is 23.8 Å². The molecular weight excluding hydrogens is 190 g/mol. The molecule has 0 spiro atoms. The number of carbonyl (C=O) groups is 1. The molecule has 3 nitrogen and oxygen atoms in total. The third-order valence-corrected chi connectivity index (χ3v) is 2.08. The van der Waals surface area contributed by atoms with Crippen molar-refractivity contribution in [3.8, 4) is 6.07 Å². The van der Waals surface area contributed by atoms with E-state index in [1.165, 1.54) is 6.08 Å². The maximum absolute atomic E-state index is 10.6. The highest BCUT2D eigenvalue weighted by atomic mass is 16.4. The summed E-state index contributed by atoms with van der Waals surface area (Å²) < 4.78 is 0. The van der Waals surface area contributed by atoms with Crippen molar-refractivity contribution in [3.05, 3.63) is 40.5 Å². The predicted octanol–water partition coefficient (Wildman–Crippen LogP) is 2.30. The molecule has 3 heteroatoms. The van der Waals surface area contributed by atoms with Crippen LogP contribution in [0.1, 0.15) is 16.7 Å². The van der Waals surface area contributed by atoms with Gasteiger partial charge in [0.1, 0.15) is 11.6 Å². The third-order valence-electron chi connectivity index (χ3n) is 2.08. The van der Waals surface area contributed by atoms with Crippen LogP contribution >= 0.6 is 0 Å². The Labute approximate surface area is 88.3 Å². The molecule has 0 amide bonds. The van der Waals surface area contributed by atoms with Gasteiger partial charge < -0.3 is 5.11 Å². The lowest BCUT2D eigenvalue weighted by Crippen LogP contribution is -1.97. The van der Waals surface area contributed by atoms with E-state index in [9.17, 15) is 4.79 Å². The van der Waals surface area contributed by atoms with Gasteiger partial charge in [-0.05, 0) is 31.1 Å². The van der Waals surface area contributed by atoms with E-state index in [1.807, 2.05) is 32.0 Å². The summed E-state index contributed by atoms with van der Waals surface area (Å²) in [6.07, 6.45) is 1.39. The van der Waals surface area contributed by atoms with Crippen molar-refractivity contribution in [1.29, 1.82) is 5.26 Å². The maximum atomic E-state index is 10.6. The molecule has 0 unspecified atom stereocenters. The summed E-state index contributed by atoms with van der Waals surface area (Å²) in [5.41, 5.74) is 2.59. The van der Waals surface area contributed by atoms with Crippen LogP contribution in [0.25, 0.3) is 6.08 Å². The summed E-state index contributed by atoms with van der Waals surface area (Å²) in [6.45, 7) is 3.85. The monoisotopic (exact) mass is 201 g/mol. The predicted molar refractivity (Wildman–Crippen MR) is 57.1 cm³/mol. The van der Waals surface area contributed by atoms with Crippen LogP contribution in [-0.2, 0) is 4.79 Å². The van der Waals surface area contributed by atoms with Crippen LogP contribution in [0.2, 0.25) is 0 Å². The van der Waals surface area contributed by atoms with Gasteiger partial charge in [-0.25, -0.2) is 4.79 Å². The van der Waals surface area contributed by atoms with Gasteiger partial charge in [-0.15, -0.1) is 0 Å².